The number of halogens is 1. The number of amides is 3. The van der Waals surface area contributed by atoms with Gasteiger partial charge in [0.15, 0.2) is 0 Å². The molecule has 34 heavy (non-hydrogen) atoms. The number of nitrogens with one attached hydrogen (secondary N) is 2. The first-order valence-corrected chi connectivity index (χ1v) is 11.4. The fourth-order valence-corrected chi connectivity index (χ4v) is 3.95. The van der Waals surface area contributed by atoms with E-state index >= 15 is 0 Å². The van der Waals surface area contributed by atoms with Gasteiger partial charge in [-0.1, -0.05) is 31.2 Å². The van der Waals surface area contributed by atoms with Crippen molar-refractivity contribution in [3.63, 3.8) is 0 Å². The summed E-state index contributed by atoms with van der Waals surface area (Å²) in [5, 5.41) is 5.51. The SMILES string of the molecule is CCc1ccc(NC(=O)OCC2(C(=O)NCc3cccc(F)c3)CCN(C(=O)CN)CC2)cc1. The molecule has 2 aromatic carbocycles. The molecule has 3 amide bonds. The summed E-state index contributed by atoms with van der Waals surface area (Å²) in [6, 6.07) is 13.4. The fourth-order valence-electron chi connectivity index (χ4n) is 3.95. The van der Waals surface area contributed by atoms with Gasteiger partial charge in [0.05, 0.1) is 12.0 Å². The quantitative estimate of drug-likeness (QED) is 0.549. The van der Waals surface area contributed by atoms with Gasteiger partial charge in [0, 0.05) is 25.3 Å². The van der Waals surface area contributed by atoms with Crippen LogP contribution in [0.3, 0.4) is 0 Å². The molecule has 0 saturated carbocycles. The van der Waals surface area contributed by atoms with Gasteiger partial charge >= 0.3 is 6.09 Å². The van der Waals surface area contributed by atoms with Crippen LogP contribution in [0.5, 0.6) is 0 Å². The number of carbonyl (C=O) groups excluding carboxylic acids is 3. The van der Waals surface area contributed by atoms with Crippen LogP contribution in [0.15, 0.2) is 48.5 Å². The molecular weight excluding hydrogens is 439 g/mol. The van der Waals surface area contributed by atoms with E-state index in [2.05, 4.69) is 10.6 Å². The van der Waals surface area contributed by atoms with Crippen LogP contribution >= 0.6 is 0 Å². The van der Waals surface area contributed by atoms with E-state index in [9.17, 15) is 18.8 Å². The topological polar surface area (TPSA) is 114 Å². The van der Waals surface area contributed by atoms with E-state index in [1.54, 1.807) is 29.2 Å². The number of likely N-dealkylation sites (tertiary alicyclic amines) is 1. The summed E-state index contributed by atoms with van der Waals surface area (Å²) >= 11 is 0. The number of nitrogens with two attached hydrogens (primary N) is 1. The zero-order chi connectivity index (χ0) is 24.6. The predicted octanol–water partition coefficient (Wildman–Crippen LogP) is 2.82. The van der Waals surface area contributed by atoms with Crippen LogP contribution in [-0.2, 0) is 27.3 Å². The third kappa shape index (κ3) is 6.54. The maximum Gasteiger partial charge on any atom is 0.411 e. The summed E-state index contributed by atoms with van der Waals surface area (Å²) in [6.45, 7) is 2.58. The summed E-state index contributed by atoms with van der Waals surface area (Å²) in [6.07, 6.45) is 0.849. The molecule has 0 spiro atoms. The van der Waals surface area contributed by atoms with Gasteiger partial charge in [-0.3, -0.25) is 14.9 Å². The van der Waals surface area contributed by atoms with Gasteiger partial charge in [0.25, 0.3) is 0 Å². The first-order valence-electron chi connectivity index (χ1n) is 11.4. The van der Waals surface area contributed by atoms with Crippen molar-refractivity contribution in [2.75, 3.05) is 31.6 Å². The van der Waals surface area contributed by atoms with Crippen molar-refractivity contribution in [3.05, 3.63) is 65.5 Å². The maximum atomic E-state index is 13.5. The molecule has 8 nitrogen and oxygen atoms in total. The van der Waals surface area contributed by atoms with Crippen molar-refractivity contribution in [2.45, 2.75) is 32.7 Å². The fraction of sp³-hybridized carbons (Fsp3) is 0.400. The Hall–Kier alpha value is -3.46. The highest BCUT2D eigenvalue weighted by molar-refractivity contribution is 5.86. The third-order valence-electron chi connectivity index (χ3n) is 6.16. The van der Waals surface area contributed by atoms with E-state index in [1.165, 1.54) is 12.1 Å². The lowest BCUT2D eigenvalue weighted by Gasteiger charge is -2.40. The Morgan fingerprint density at radius 2 is 1.79 bits per heavy atom. The number of benzene rings is 2. The average molecular weight is 471 g/mol. The van der Waals surface area contributed by atoms with Crippen molar-refractivity contribution in [3.8, 4) is 0 Å². The molecule has 0 unspecified atom stereocenters. The lowest BCUT2D eigenvalue weighted by molar-refractivity contribution is -0.142. The van der Waals surface area contributed by atoms with Gasteiger partial charge in [-0.2, -0.15) is 0 Å². The summed E-state index contributed by atoms with van der Waals surface area (Å²) in [5.74, 6) is -0.887. The molecule has 1 saturated heterocycles. The van der Waals surface area contributed by atoms with Crippen LogP contribution in [0.2, 0.25) is 0 Å². The Bertz CT molecular complexity index is 1000. The lowest BCUT2D eigenvalue weighted by atomic mass is 9.78. The summed E-state index contributed by atoms with van der Waals surface area (Å²) in [5.41, 5.74) is 6.81. The second kappa shape index (κ2) is 11.6. The number of anilines is 1. The van der Waals surface area contributed by atoms with Crippen LogP contribution in [0.25, 0.3) is 0 Å². The van der Waals surface area contributed by atoms with Crippen molar-refractivity contribution in [2.24, 2.45) is 11.1 Å². The monoisotopic (exact) mass is 470 g/mol. The molecule has 9 heteroatoms. The number of carbonyl (C=O) groups is 3. The van der Waals surface area contributed by atoms with Crippen LogP contribution in [0.4, 0.5) is 14.9 Å². The third-order valence-corrected chi connectivity index (χ3v) is 6.16. The Morgan fingerprint density at radius 3 is 2.41 bits per heavy atom. The summed E-state index contributed by atoms with van der Waals surface area (Å²) < 4.78 is 18.9. The largest absolute Gasteiger partial charge is 0.448 e. The first-order chi connectivity index (χ1) is 16.3. The van der Waals surface area contributed by atoms with E-state index < -0.39 is 11.5 Å². The van der Waals surface area contributed by atoms with Gasteiger partial charge in [0.1, 0.15) is 12.4 Å². The van der Waals surface area contributed by atoms with Gasteiger partial charge in [-0.25, -0.2) is 9.18 Å². The van der Waals surface area contributed by atoms with Crippen LogP contribution < -0.4 is 16.4 Å². The molecule has 182 valence electrons. The molecule has 3 rings (SSSR count). The Morgan fingerprint density at radius 1 is 1.09 bits per heavy atom. The number of piperidine rings is 1. The van der Waals surface area contributed by atoms with Gasteiger partial charge in [-0.15, -0.1) is 0 Å². The van der Waals surface area contributed by atoms with Gasteiger partial charge in [0.2, 0.25) is 11.8 Å². The summed E-state index contributed by atoms with van der Waals surface area (Å²) in [4.78, 5) is 39.2. The highest BCUT2D eigenvalue weighted by atomic mass is 19.1. The van der Waals surface area contributed by atoms with E-state index in [0.29, 0.717) is 37.2 Å². The molecule has 2 aromatic rings. The molecule has 0 atom stereocenters. The molecule has 1 aliphatic rings. The Kier molecular flexibility index (Phi) is 8.59. The predicted molar refractivity (Wildman–Crippen MR) is 126 cm³/mol. The molecule has 1 aliphatic heterocycles. The average Bonchev–Trinajstić information content (AvgIpc) is 2.86. The second-order valence-electron chi connectivity index (χ2n) is 8.43. The summed E-state index contributed by atoms with van der Waals surface area (Å²) in [7, 11) is 0. The van der Waals surface area contributed by atoms with E-state index in [4.69, 9.17) is 10.5 Å². The normalized spacial score (nSPS) is 14.9. The zero-order valence-corrected chi connectivity index (χ0v) is 19.3. The minimum atomic E-state index is -1.01. The number of rotatable bonds is 8. The molecule has 0 aliphatic carbocycles. The molecule has 1 heterocycles. The highest BCUT2D eigenvalue weighted by Crippen LogP contribution is 2.33. The smallest absolute Gasteiger partial charge is 0.411 e. The molecule has 1 fully saturated rings. The molecule has 0 aromatic heterocycles. The van der Waals surface area contributed by atoms with Crippen LogP contribution in [0.1, 0.15) is 30.9 Å². The van der Waals surface area contributed by atoms with E-state index in [1.807, 2.05) is 19.1 Å². The standard InChI is InChI=1S/C25H31FN4O4/c1-2-18-6-8-21(9-7-18)29-24(33)34-17-25(10-12-30(13-11-25)22(31)15-27)23(32)28-16-19-4-3-5-20(26)14-19/h3-9,14H,2,10-13,15-17,27H2,1H3,(H,28,32)(H,29,33). The highest BCUT2D eigenvalue weighted by Gasteiger charge is 2.43. The van der Waals surface area contributed by atoms with Crippen molar-refractivity contribution in [1.29, 1.82) is 0 Å². The number of hydrogen-bond acceptors (Lipinski definition) is 5. The lowest BCUT2D eigenvalue weighted by Crippen LogP contribution is -2.53. The molecular formula is C25H31FN4O4. The van der Waals surface area contributed by atoms with Crippen molar-refractivity contribution in [1.82, 2.24) is 10.2 Å². The van der Waals surface area contributed by atoms with Gasteiger partial charge < -0.3 is 20.7 Å². The minimum absolute atomic E-state index is 0.103. The zero-order valence-electron chi connectivity index (χ0n) is 19.3. The number of hydrogen-bond donors (Lipinski definition) is 3. The Labute approximate surface area is 198 Å². The Balaban J connectivity index is 1.65. The van der Waals surface area contributed by atoms with Crippen molar-refractivity contribution < 1.29 is 23.5 Å². The second-order valence-corrected chi connectivity index (χ2v) is 8.43. The molecule has 0 bridgehead atoms. The number of nitrogens with zero attached hydrogens (tertiary/aromatic N) is 1. The first kappa shape index (κ1) is 25.2. The molecule has 0 radical (unpaired) electrons. The van der Waals surface area contributed by atoms with Crippen LogP contribution in [-0.4, -0.2) is 49.0 Å². The number of ether oxygens (including phenoxy) is 1. The van der Waals surface area contributed by atoms with Gasteiger partial charge in [-0.05, 0) is 54.7 Å². The molecule has 4 N–H and O–H groups in total. The van der Waals surface area contributed by atoms with Crippen LogP contribution in [0, 0.1) is 11.2 Å². The van der Waals surface area contributed by atoms with E-state index in [0.717, 1.165) is 12.0 Å². The number of aryl methyl sites for hydroxylation is 1. The van der Waals surface area contributed by atoms with Crippen molar-refractivity contribution >= 4 is 23.6 Å². The van der Waals surface area contributed by atoms with E-state index in [-0.39, 0.29) is 37.3 Å². The minimum Gasteiger partial charge on any atom is -0.448 e. The maximum absolute atomic E-state index is 13.5.